The van der Waals surface area contributed by atoms with Gasteiger partial charge in [-0.05, 0) is 56.0 Å². The number of hydrogen-bond acceptors (Lipinski definition) is 4. The lowest BCUT2D eigenvalue weighted by molar-refractivity contribution is -0.119. The second-order valence-electron chi connectivity index (χ2n) is 7.86. The number of piperidine rings is 1. The highest BCUT2D eigenvalue weighted by Gasteiger charge is 2.34. The van der Waals surface area contributed by atoms with Crippen molar-refractivity contribution in [3.05, 3.63) is 53.3 Å². The van der Waals surface area contributed by atoms with Gasteiger partial charge in [0.05, 0.1) is 25.0 Å². The molecule has 2 aromatic carbocycles. The molecule has 0 atom stereocenters. The molecule has 0 saturated carbocycles. The van der Waals surface area contributed by atoms with E-state index in [9.17, 15) is 14.0 Å². The van der Waals surface area contributed by atoms with Crippen LogP contribution >= 0.6 is 0 Å². The Balaban J connectivity index is 1.48. The van der Waals surface area contributed by atoms with Crippen LogP contribution in [0.1, 0.15) is 42.1 Å². The molecule has 0 N–H and O–H groups in total. The molecule has 2 aromatic rings. The van der Waals surface area contributed by atoms with E-state index in [4.69, 9.17) is 9.47 Å². The highest BCUT2D eigenvalue weighted by Crippen LogP contribution is 2.34. The summed E-state index contributed by atoms with van der Waals surface area (Å²) < 4.78 is 24.8. The maximum Gasteiger partial charge on any atom is 0.257 e. The fraction of sp³-hybridized carbons (Fsp3) is 0.417. The van der Waals surface area contributed by atoms with Crippen molar-refractivity contribution in [1.82, 2.24) is 4.90 Å². The van der Waals surface area contributed by atoms with Crippen molar-refractivity contribution in [3.63, 3.8) is 0 Å². The van der Waals surface area contributed by atoms with Crippen LogP contribution in [-0.2, 0) is 11.2 Å². The van der Waals surface area contributed by atoms with Gasteiger partial charge in [-0.3, -0.25) is 9.59 Å². The molecule has 0 bridgehead atoms. The van der Waals surface area contributed by atoms with Gasteiger partial charge in [-0.1, -0.05) is 6.07 Å². The van der Waals surface area contributed by atoms with Crippen LogP contribution in [0.4, 0.5) is 10.1 Å². The van der Waals surface area contributed by atoms with Crippen molar-refractivity contribution in [2.45, 2.75) is 38.6 Å². The highest BCUT2D eigenvalue weighted by molar-refractivity contribution is 5.98. The van der Waals surface area contributed by atoms with E-state index >= 15 is 0 Å². The molecule has 0 aliphatic carbocycles. The zero-order valence-electron chi connectivity index (χ0n) is 17.9. The monoisotopic (exact) mass is 426 g/mol. The number of ether oxygens (including phenoxy) is 2. The Labute approximate surface area is 181 Å². The van der Waals surface area contributed by atoms with Crippen LogP contribution in [0, 0.1) is 5.82 Å². The van der Waals surface area contributed by atoms with E-state index in [1.807, 2.05) is 6.92 Å². The number of halogens is 1. The Hall–Kier alpha value is -3.09. The minimum absolute atomic E-state index is 0.0241. The number of methoxy groups -OCH3 is 1. The van der Waals surface area contributed by atoms with Crippen LogP contribution in [0.3, 0.4) is 0 Å². The molecular formula is C24H27FN2O4. The fourth-order valence-corrected chi connectivity index (χ4v) is 4.47. The molecular weight excluding hydrogens is 399 g/mol. The standard InChI is InChI=1S/C24H27FN2O4/c1-3-31-19-7-8-20(22(15-19)30-2)24(29)26-12-10-18(11-13-26)27-21-14-17(25)6-4-16(21)5-9-23(27)28/h4,6-8,14-15,18H,3,5,9-13H2,1-2H3. The van der Waals surface area contributed by atoms with Crippen molar-refractivity contribution in [3.8, 4) is 11.5 Å². The normalized spacial score (nSPS) is 16.8. The van der Waals surface area contributed by atoms with Gasteiger partial charge < -0.3 is 19.3 Å². The molecule has 0 spiro atoms. The average molecular weight is 426 g/mol. The summed E-state index contributed by atoms with van der Waals surface area (Å²) in [4.78, 5) is 29.3. The number of amides is 2. The molecule has 7 heteroatoms. The lowest BCUT2D eigenvalue weighted by Gasteiger charge is -2.41. The van der Waals surface area contributed by atoms with Gasteiger partial charge in [0.2, 0.25) is 5.91 Å². The van der Waals surface area contributed by atoms with Crippen molar-refractivity contribution in [2.75, 3.05) is 31.7 Å². The van der Waals surface area contributed by atoms with Crippen molar-refractivity contribution >= 4 is 17.5 Å². The summed E-state index contributed by atoms with van der Waals surface area (Å²) in [6, 6.07) is 9.84. The second-order valence-corrected chi connectivity index (χ2v) is 7.86. The number of carbonyl (C=O) groups excluding carboxylic acids is 2. The zero-order valence-corrected chi connectivity index (χ0v) is 17.9. The minimum atomic E-state index is -0.339. The predicted octanol–water partition coefficient (Wildman–Crippen LogP) is 3.82. The number of fused-ring (bicyclic) bond motifs is 1. The second kappa shape index (κ2) is 8.96. The molecule has 0 aromatic heterocycles. The first-order valence-corrected chi connectivity index (χ1v) is 10.7. The lowest BCUT2D eigenvalue weighted by atomic mass is 9.95. The maximum atomic E-state index is 13.9. The number of nitrogens with zero attached hydrogens (tertiary/aromatic N) is 2. The first-order chi connectivity index (χ1) is 15.0. The summed E-state index contributed by atoms with van der Waals surface area (Å²) >= 11 is 0. The summed E-state index contributed by atoms with van der Waals surface area (Å²) in [6.45, 7) is 3.48. The SMILES string of the molecule is CCOc1ccc(C(=O)N2CCC(N3C(=O)CCc4ccc(F)cc43)CC2)c(OC)c1. The Morgan fingerprint density at radius 3 is 2.61 bits per heavy atom. The van der Waals surface area contributed by atoms with Crippen LogP contribution in [0.15, 0.2) is 36.4 Å². The number of benzene rings is 2. The molecule has 4 rings (SSSR count). The van der Waals surface area contributed by atoms with E-state index in [0.717, 1.165) is 5.56 Å². The molecule has 1 saturated heterocycles. The van der Waals surface area contributed by atoms with Gasteiger partial charge in [0, 0.05) is 31.6 Å². The summed E-state index contributed by atoms with van der Waals surface area (Å²) in [5.74, 6) is 0.720. The van der Waals surface area contributed by atoms with E-state index in [-0.39, 0.29) is 23.7 Å². The largest absolute Gasteiger partial charge is 0.496 e. The van der Waals surface area contributed by atoms with E-state index in [1.54, 1.807) is 34.1 Å². The van der Waals surface area contributed by atoms with Crippen molar-refractivity contribution in [1.29, 1.82) is 0 Å². The molecule has 2 aliphatic heterocycles. The molecule has 0 unspecified atom stereocenters. The Morgan fingerprint density at radius 2 is 1.90 bits per heavy atom. The maximum absolute atomic E-state index is 13.9. The summed E-state index contributed by atoms with van der Waals surface area (Å²) in [7, 11) is 1.53. The first kappa shape index (κ1) is 21.2. The lowest BCUT2D eigenvalue weighted by Crippen LogP contribution is -2.50. The Bertz CT molecular complexity index is 986. The number of anilines is 1. The summed E-state index contributed by atoms with van der Waals surface area (Å²) in [5, 5.41) is 0. The van der Waals surface area contributed by atoms with Crippen LogP contribution in [-0.4, -0.2) is 49.6 Å². The van der Waals surface area contributed by atoms with Gasteiger partial charge in [0.15, 0.2) is 0 Å². The first-order valence-electron chi connectivity index (χ1n) is 10.7. The van der Waals surface area contributed by atoms with Crippen molar-refractivity contribution < 1.29 is 23.5 Å². The third kappa shape index (κ3) is 4.22. The zero-order chi connectivity index (χ0) is 22.0. The molecule has 2 heterocycles. The summed E-state index contributed by atoms with van der Waals surface area (Å²) in [6.07, 6.45) is 2.36. The Kier molecular flexibility index (Phi) is 6.11. The van der Waals surface area contributed by atoms with E-state index in [1.165, 1.54) is 19.2 Å². The third-order valence-corrected chi connectivity index (χ3v) is 6.02. The fourth-order valence-electron chi connectivity index (χ4n) is 4.47. The predicted molar refractivity (Wildman–Crippen MR) is 115 cm³/mol. The number of likely N-dealkylation sites (tertiary alicyclic amines) is 1. The van der Waals surface area contributed by atoms with Crippen LogP contribution in [0.5, 0.6) is 11.5 Å². The Morgan fingerprint density at radius 1 is 1.13 bits per heavy atom. The minimum Gasteiger partial charge on any atom is -0.496 e. The summed E-state index contributed by atoms with van der Waals surface area (Å²) in [5.41, 5.74) is 2.17. The molecule has 2 aliphatic rings. The van der Waals surface area contributed by atoms with E-state index < -0.39 is 0 Å². The van der Waals surface area contributed by atoms with Crippen LogP contribution in [0.25, 0.3) is 0 Å². The number of aryl methyl sites for hydroxylation is 1. The van der Waals surface area contributed by atoms with Gasteiger partial charge >= 0.3 is 0 Å². The number of rotatable bonds is 5. The van der Waals surface area contributed by atoms with Crippen molar-refractivity contribution in [2.24, 2.45) is 0 Å². The molecule has 164 valence electrons. The molecule has 1 fully saturated rings. The van der Waals surface area contributed by atoms with Gasteiger partial charge in [-0.25, -0.2) is 4.39 Å². The van der Waals surface area contributed by atoms with Gasteiger partial charge in [0.25, 0.3) is 5.91 Å². The smallest absolute Gasteiger partial charge is 0.257 e. The average Bonchev–Trinajstić information content (AvgIpc) is 2.79. The van der Waals surface area contributed by atoms with Crippen LogP contribution < -0.4 is 14.4 Å². The van der Waals surface area contributed by atoms with Crippen LogP contribution in [0.2, 0.25) is 0 Å². The van der Waals surface area contributed by atoms with E-state index in [0.29, 0.717) is 68.1 Å². The quantitative estimate of drug-likeness (QED) is 0.730. The topological polar surface area (TPSA) is 59.1 Å². The highest BCUT2D eigenvalue weighted by atomic mass is 19.1. The molecule has 6 nitrogen and oxygen atoms in total. The van der Waals surface area contributed by atoms with Gasteiger partial charge in [-0.2, -0.15) is 0 Å². The molecule has 2 amide bonds. The number of carbonyl (C=O) groups is 2. The third-order valence-electron chi connectivity index (χ3n) is 6.02. The number of hydrogen-bond donors (Lipinski definition) is 0. The van der Waals surface area contributed by atoms with Gasteiger partial charge in [-0.15, -0.1) is 0 Å². The molecule has 31 heavy (non-hydrogen) atoms. The van der Waals surface area contributed by atoms with E-state index in [2.05, 4.69) is 0 Å². The van der Waals surface area contributed by atoms with Gasteiger partial charge in [0.1, 0.15) is 17.3 Å². The molecule has 0 radical (unpaired) electrons.